The second-order valence-electron chi connectivity index (χ2n) is 6.67. The highest BCUT2D eigenvalue weighted by atomic mass is 16.8. The van der Waals surface area contributed by atoms with Crippen LogP contribution in [0.25, 0.3) is 0 Å². The normalized spacial score (nSPS) is 41.7. The molecule has 2 saturated heterocycles. The summed E-state index contributed by atoms with van der Waals surface area (Å²) in [6, 6.07) is 0. The molecule has 2 aliphatic heterocycles. The molecule has 0 aromatic carbocycles. The van der Waals surface area contributed by atoms with Crippen LogP contribution in [-0.2, 0) is 28.5 Å². The minimum absolute atomic E-state index is 0.124. The van der Waals surface area contributed by atoms with Crippen molar-refractivity contribution in [3.8, 4) is 0 Å². The molecule has 3 aliphatic rings. The highest BCUT2D eigenvalue weighted by molar-refractivity contribution is 5.66. The summed E-state index contributed by atoms with van der Waals surface area (Å²) in [5, 5.41) is 0. The van der Waals surface area contributed by atoms with E-state index in [0.717, 1.165) is 5.57 Å². The zero-order valence-electron chi connectivity index (χ0n) is 13.0. The van der Waals surface area contributed by atoms with Gasteiger partial charge in [0.2, 0.25) is 0 Å². The molecule has 21 heavy (non-hydrogen) atoms. The average molecular weight is 298 g/mol. The van der Waals surface area contributed by atoms with Crippen molar-refractivity contribution in [2.75, 3.05) is 0 Å². The molecule has 0 N–H and O–H groups in total. The van der Waals surface area contributed by atoms with Crippen LogP contribution in [0.4, 0.5) is 0 Å². The number of fused-ring (bicyclic) bond motifs is 3. The zero-order chi connectivity index (χ0) is 15.4. The summed E-state index contributed by atoms with van der Waals surface area (Å²) >= 11 is 0. The van der Waals surface area contributed by atoms with Crippen molar-refractivity contribution in [2.45, 2.75) is 77.0 Å². The van der Waals surface area contributed by atoms with E-state index in [-0.39, 0.29) is 30.4 Å². The van der Waals surface area contributed by atoms with E-state index in [1.54, 1.807) is 0 Å². The molecule has 118 valence electrons. The molecule has 0 radical (unpaired) electrons. The first-order valence-corrected chi connectivity index (χ1v) is 7.24. The Hall–Kier alpha value is -0.950. The van der Waals surface area contributed by atoms with Gasteiger partial charge >= 0.3 is 5.97 Å². The minimum Gasteiger partial charge on any atom is -0.435 e. The number of rotatable bonds is 1. The van der Waals surface area contributed by atoms with Gasteiger partial charge in [0, 0.05) is 13.3 Å². The fraction of sp³-hybridized carbons (Fsp3) is 0.800. The van der Waals surface area contributed by atoms with Gasteiger partial charge in [-0.05, 0) is 33.3 Å². The molecule has 6 heteroatoms. The molecule has 4 atom stereocenters. The summed E-state index contributed by atoms with van der Waals surface area (Å²) in [6.07, 6.45) is 1.22. The van der Waals surface area contributed by atoms with E-state index in [1.165, 1.54) is 13.2 Å². The Morgan fingerprint density at radius 3 is 2.38 bits per heavy atom. The summed E-state index contributed by atoms with van der Waals surface area (Å²) in [5.74, 6) is -1.70. The van der Waals surface area contributed by atoms with Gasteiger partial charge in [-0.2, -0.15) is 0 Å². The van der Waals surface area contributed by atoms with Gasteiger partial charge in [0.05, 0.1) is 12.4 Å². The van der Waals surface area contributed by atoms with Crippen molar-refractivity contribution in [3.05, 3.63) is 11.8 Å². The maximum Gasteiger partial charge on any atom is 0.307 e. The number of carbonyl (C=O) groups is 1. The maximum absolute atomic E-state index is 11.0. The summed E-state index contributed by atoms with van der Waals surface area (Å²) in [4.78, 5) is 11.0. The van der Waals surface area contributed by atoms with Crippen molar-refractivity contribution in [1.29, 1.82) is 0 Å². The number of esters is 1. The van der Waals surface area contributed by atoms with Gasteiger partial charge in [-0.3, -0.25) is 4.79 Å². The molecule has 0 aromatic rings. The fourth-order valence-electron chi connectivity index (χ4n) is 3.24. The Kier molecular flexibility index (Phi) is 3.40. The van der Waals surface area contributed by atoms with Crippen LogP contribution in [-0.4, -0.2) is 42.0 Å². The fourth-order valence-corrected chi connectivity index (χ4v) is 3.24. The van der Waals surface area contributed by atoms with Crippen molar-refractivity contribution in [3.63, 3.8) is 0 Å². The van der Waals surface area contributed by atoms with Crippen LogP contribution in [0.1, 0.15) is 41.0 Å². The number of ether oxygens (including phenoxy) is 5. The third kappa shape index (κ3) is 2.85. The van der Waals surface area contributed by atoms with Gasteiger partial charge in [0.1, 0.15) is 18.3 Å². The lowest BCUT2D eigenvalue weighted by Gasteiger charge is -2.32. The Morgan fingerprint density at radius 2 is 1.71 bits per heavy atom. The van der Waals surface area contributed by atoms with Crippen LogP contribution in [0.2, 0.25) is 0 Å². The molecule has 2 heterocycles. The Labute approximate surface area is 124 Å². The van der Waals surface area contributed by atoms with Gasteiger partial charge in [0.25, 0.3) is 0 Å². The van der Waals surface area contributed by atoms with Gasteiger partial charge in [-0.25, -0.2) is 0 Å². The highest BCUT2D eigenvalue weighted by Gasteiger charge is 2.58. The van der Waals surface area contributed by atoms with E-state index < -0.39 is 11.6 Å². The molecule has 0 aromatic heterocycles. The molecule has 0 amide bonds. The third-order valence-electron chi connectivity index (χ3n) is 3.85. The van der Waals surface area contributed by atoms with Crippen LogP contribution in [0.15, 0.2) is 11.8 Å². The molecule has 6 nitrogen and oxygen atoms in total. The topological polar surface area (TPSA) is 63.2 Å². The molecule has 3 rings (SSSR count). The predicted molar refractivity (Wildman–Crippen MR) is 72.1 cm³/mol. The maximum atomic E-state index is 11.0. The lowest BCUT2D eigenvalue weighted by molar-refractivity contribution is -0.175. The van der Waals surface area contributed by atoms with Gasteiger partial charge in [0.15, 0.2) is 11.6 Å². The van der Waals surface area contributed by atoms with Gasteiger partial charge in [-0.15, -0.1) is 0 Å². The SMILES string of the molecule is CC(=O)O/C=C1\C[C@@H]2OC(C)(C)O[C@@H]2[C@H]2OC(C)(C)O[C@@H]12. The molecule has 1 aliphatic carbocycles. The number of hydrogen-bond donors (Lipinski definition) is 0. The quantitative estimate of drug-likeness (QED) is 0.544. The molecule has 3 fully saturated rings. The largest absolute Gasteiger partial charge is 0.435 e. The lowest BCUT2D eigenvalue weighted by Crippen LogP contribution is -2.47. The predicted octanol–water partition coefficient (Wildman–Crippen LogP) is 1.88. The molecule has 0 spiro atoms. The van der Waals surface area contributed by atoms with Crippen LogP contribution >= 0.6 is 0 Å². The lowest BCUT2D eigenvalue weighted by atomic mass is 9.86. The summed E-state index contributed by atoms with van der Waals surface area (Å²) in [6.45, 7) is 8.87. The van der Waals surface area contributed by atoms with E-state index >= 15 is 0 Å². The molecule has 1 saturated carbocycles. The first-order chi connectivity index (χ1) is 9.67. The Bertz CT molecular complexity index is 481. The highest BCUT2D eigenvalue weighted by Crippen LogP contribution is 2.46. The first kappa shape index (κ1) is 15.0. The van der Waals surface area contributed by atoms with Crippen LogP contribution in [0.5, 0.6) is 0 Å². The van der Waals surface area contributed by atoms with E-state index in [4.69, 9.17) is 23.7 Å². The molecular formula is C15H22O6. The van der Waals surface area contributed by atoms with E-state index in [9.17, 15) is 4.79 Å². The van der Waals surface area contributed by atoms with Crippen LogP contribution in [0, 0.1) is 0 Å². The van der Waals surface area contributed by atoms with Crippen molar-refractivity contribution >= 4 is 5.97 Å². The monoisotopic (exact) mass is 298 g/mol. The summed E-state index contributed by atoms with van der Waals surface area (Å²) in [5.41, 5.74) is 0.864. The average Bonchev–Trinajstić information content (AvgIpc) is 2.80. The smallest absolute Gasteiger partial charge is 0.307 e. The van der Waals surface area contributed by atoms with Crippen LogP contribution < -0.4 is 0 Å². The Morgan fingerprint density at radius 1 is 1.10 bits per heavy atom. The minimum atomic E-state index is -0.699. The van der Waals surface area contributed by atoms with Crippen molar-refractivity contribution in [1.82, 2.24) is 0 Å². The standard InChI is InChI=1S/C15H22O6/c1-8(16)17-7-9-6-10-12(20-14(2,3)18-10)13-11(9)19-15(4,5)21-13/h7,10-13H,6H2,1-5H3/b9-7+/t10-,11-,12-,13-/m0/s1. The zero-order valence-corrected chi connectivity index (χ0v) is 13.0. The van der Waals surface area contributed by atoms with E-state index in [1.807, 2.05) is 27.7 Å². The summed E-state index contributed by atoms with van der Waals surface area (Å²) in [7, 11) is 0. The van der Waals surface area contributed by atoms with E-state index in [2.05, 4.69) is 0 Å². The second kappa shape index (κ2) is 4.78. The molecule has 0 bridgehead atoms. The Balaban J connectivity index is 1.88. The molecular weight excluding hydrogens is 276 g/mol. The summed E-state index contributed by atoms with van der Waals surface area (Å²) < 4.78 is 28.9. The number of hydrogen-bond acceptors (Lipinski definition) is 6. The van der Waals surface area contributed by atoms with Crippen molar-refractivity contribution in [2.24, 2.45) is 0 Å². The first-order valence-electron chi connectivity index (χ1n) is 7.24. The van der Waals surface area contributed by atoms with E-state index in [0.29, 0.717) is 6.42 Å². The second-order valence-corrected chi connectivity index (χ2v) is 6.67. The number of carbonyl (C=O) groups excluding carboxylic acids is 1. The van der Waals surface area contributed by atoms with Crippen LogP contribution in [0.3, 0.4) is 0 Å². The molecule has 0 unspecified atom stereocenters. The van der Waals surface area contributed by atoms with Gasteiger partial charge < -0.3 is 23.7 Å². The van der Waals surface area contributed by atoms with Gasteiger partial charge in [-0.1, -0.05) is 0 Å². The van der Waals surface area contributed by atoms with Crippen molar-refractivity contribution < 1.29 is 28.5 Å². The third-order valence-corrected chi connectivity index (χ3v) is 3.85.